The molecular formula is C16H26FN. The first-order valence-electron chi connectivity index (χ1n) is 7.15. The Morgan fingerprint density at radius 2 is 2.00 bits per heavy atom. The molecule has 1 N–H and O–H groups in total. The first kappa shape index (κ1) is 15.2. The van der Waals surface area contributed by atoms with Gasteiger partial charge in [-0.15, -0.1) is 0 Å². The van der Waals surface area contributed by atoms with Gasteiger partial charge in [0.2, 0.25) is 0 Å². The highest BCUT2D eigenvalue weighted by Crippen LogP contribution is 2.14. The first-order valence-corrected chi connectivity index (χ1v) is 7.15. The van der Waals surface area contributed by atoms with Crippen molar-refractivity contribution in [3.05, 3.63) is 35.1 Å². The van der Waals surface area contributed by atoms with E-state index in [1.165, 1.54) is 24.8 Å². The topological polar surface area (TPSA) is 12.0 Å². The maximum atomic E-state index is 13.1. The summed E-state index contributed by atoms with van der Waals surface area (Å²) in [5.41, 5.74) is 2.33. The molecule has 0 aliphatic carbocycles. The average Bonchev–Trinajstić information content (AvgIpc) is 2.35. The van der Waals surface area contributed by atoms with Crippen molar-refractivity contribution in [3.63, 3.8) is 0 Å². The van der Waals surface area contributed by atoms with Gasteiger partial charge in [-0.1, -0.05) is 32.8 Å². The monoisotopic (exact) mass is 251 g/mol. The third kappa shape index (κ3) is 5.18. The van der Waals surface area contributed by atoms with Gasteiger partial charge in [-0.3, -0.25) is 0 Å². The van der Waals surface area contributed by atoms with E-state index in [2.05, 4.69) is 19.2 Å². The van der Waals surface area contributed by atoms with E-state index in [9.17, 15) is 4.39 Å². The maximum absolute atomic E-state index is 13.1. The number of halogens is 1. The minimum atomic E-state index is -0.136. The van der Waals surface area contributed by atoms with E-state index in [4.69, 9.17) is 0 Å². The molecule has 0 saturated carbocycles. The lowest BCUT2D eigenvalue weighted by Gasteiger charge is -2.19. The van der Waals surface area contributed by atoms with Gasteiger partial charge in [0.05, 0.1) is 0 Å². The Balaban J connectivity index is 2.62. The van der Waals surface area contributed by atoms with E-state index >= 15 is 0 Å². The highest BCUT2D eigenvalue weighted by molar-refractivity contribution is 5.27. The molecule has 1 unspecified atom stereocenters. The molecule has 102 valence electrons. The van der Waals surface area contributed by atoms with Crippen LogP contribution in [0.15, 0.2) is 18.2 Å². The molecule has 0 amide bonds. The van der Waals surface area contributed by atoms with Crippen molar-refractivity contribution in [2.45, 2.75) is 58.9 Å². The van der Waals surface area contributed by atoms with Gasteiger partial charge < -0.3 is 5.32 Å². The van der Waals surface area contributed by atoms with Crippen molar-refractivity contribution in [2.75, 3.05) is 6.54 Å². The van der Waals surface area contributed by atoms with Crippen LogP contribution in [0.1, 0.15) is 50.7 Å². The van der Waals surface area contributed by atoms with Crippen molar-refractivity contribution in [1.82, 2.24) is 5.32 Å². The second-order valence-corrected chi connectivity index (χ2v) is 5.07. The molecule has 1 atom stereocenters. The second-order valence-electron chi connectivity index (χ2n) is 5.07. The van der Waals surface area contributed by atoms with Crippen LogP contribution in [0.2, 0.25) is 0 Å². The smallest absolute Gasteiger partial charge is 0.123 e. The Bertz CT molecular complexity index is 341. The van der Waals surface area contributed by atoms with Gasteiger partial charge in [-0.2, -0.15) is 0 Å². The van der Waals surface area contributed by atoms with Gasteiger partial charge in [0, 0.05) is 6.04 Å². The van der Waals surface area contributed by atoms with Gasteiger partial charge in [-0.25, -0.2) is 4.39 Å². The Hall–Kier alpha value is -0.890. The zero-order valence-electron chi connectivity index (χ0n) is 11.9. The molecule has 1 rings (SSSR count). The van der Waals surface area contributed by atoms with E-state index in [-0.39, 0.29) is 5.82 Å². The van der Waals surface area contributed by atoms with Gasteiger partial charge in [0.25, 0.3) is 0 Å². The Labute approximate surface area is 111 Å². The Morgan fingerprint density at radius 1 is 1.22 bits per heavy atom. The van der Waals surface area contributed by atoms with E-state index in [0.717, 1.165) is 24.9 Å². The quantitative estimate of drug-likeness (QED) is 0.729. The molecule has 1 nitrogen and oxygen atoms in total. The van der Waals surface area contributed by atoms with Gasteiger partial charge in [0.15, 0.2) is 0 Å². The lowest BCUT2D eigenvalue weighted by Crippen LogP contribution is -2.32. The van der Waals surface area contributed by atoms with Crippen LogP contribution in [0.5, 0.6) is 0 Å². The van der Waals surface area contributed by atoms with E-state index in [1.807, 2.05) is 13.0 Å². The summed E-state index contributed by atoms with van der Waals surface area (Å²) in [5.74, 6) is -0.136. The predicted molar refractivity (Wildman–Crippen MR) is 76.4 cm³/mol. The molecule has 0 spiro atoms. The van der Waals surface area contributed by atoms with Gasteiger partial charge >= 0.3 is 0 Å². The molecule has 2 heteroatoms. The van der Waals surface area contributed by atoms with Crippen LogP contribution >= 0.6 is 0 Å². The number of nitrogens with one attached hydrogen (secondary N) is 1. The van der Waals surface area contributed by atoms with Crippen molar-refractivity contribution >= 4 is 0 Å². The van der Waals surface area contributed by atoms with Crippen molar-refractivity contribution in [2.24, 2.45) is 0 Å². The molecule has 1 aromatic rings. The first-order chi connectivity index (χ1) is 8.67. The minimum absolute atomic E-state index is 0.136. The van der Waals surface area contributed by atoms with Crippen LogP contribution < -0.4 is 5.32 Å². The number of benzene rings is 1. The molecule has 0 aliphatic rings. The van der Waals surface area contributed by atoms with E-state index in [1.54, 1.807) is 12.1 Å². The summed E-state index contributed by atoms with van der Waals surface area (Å²) in [6, 6.07) is 5.65. The van der Waals surface area contributed by atoms with Crippen LogP contribution in [0, 0.1) is 12.7 Å². The van der Waals surface area contributed by atoms with Crippen molar-refractivity contribution in [1.29, 1.82) is 0 Å². The number of hydrogen-bond donors (Lipinski definition) is 1. The lowest BCUT2D eigenvalue weighted by molar-refractivity contribution is 0.461. The summed E-state index contributed by atoms with van der Waals surface area (Å²) in [7, 11) is 0. The summed E-state index contributed by atoms with van der Waals surface area (Å²) >= 11 is 0. The fourth-order valence-electron chi connectivity index (χ4n) is 2.23. The molecule has 0 bridgehead atoms. The van der Waals surface area contributed by atoms with Crippen LogP contribution in [0.25, 0.3) is 0 Å². The van der Waals surface area contributed by atoms with E-state index < -0.39 is 0 Å². The molecule has 0 heterocycles. The molecule has 1 aromatic carbocycles. The van der Waals surface area contributed by atoms with Gasteiger partial charge in [0.1, 0.15) is 5.82 Å². The number of hydrogen-bond acceptors (Lipinski definition) is 1. The standard InChI is InChI=1S/C16H26FN/c1-4-6-7-16(18-10-5-2)12-14-8-9-15(17)11-13(14)3/h8-9,11,16,18H,4-7,10,12H2,1-3H3. The minimum Gasteiger partial charge on any atom is -0.314 e. The molecule has 0 radical (unpaired) electrons. The SMILES string of the molecule is CCCCC(Cc1ccc(F)cc1C)NCCC. The van der Waals surface area contributed by atoms with Crippen LogP contribution in [0.3, 0.4) is 0 Å². The predicted octanol–water partition coefficient (Wildman–Crippen LogP) is 4.24. The number of aryl methyl sites for hydroxylation is 1. The maximum Gasteiger partial charge on any atom is 0.123 e. The fraction of sp³-hybridized carbons (Fsp3) is 0.625. The summed E-state index contributed by atoms with van der Waals surface area (Å²) in [4.78, 5) is 0. The average molecular weight is 251 g/mol. The number of rotatable bonds is 8. The van der Waals surface area contributed by atoms with E-state index in [0.29, 0.717) is 6.04 Å². The highest BCUT2D eigenvalue weighted by atomic mass is 19.1. The third-order valence-corrected chi connectivity index (χ3v) is 3.36. The summed E-state index contributed by atoms with van der Waals surface area (Å²) in [6.45, 7) is 7.47. The summed E-state index contributed by atoms with van der Waals surface area (Å²) in [6.07, 6.45) is 5.85. The normalized spacial score (nSPS) is 12.7. The largest absolute Gasteiger partial charge is 0.314 e. The second kappa shape index (κ2) is 8.25. The highest BCUT2D eigenvalue weighted by Gasteiger charge is 2.10. The van der Waals surface area contributed by atoms with Crippen molar-refractivity contribution in [3.8, 4) is 0 Å². The Morgan fingerprint density at radius 3 is 2.61 bits per heavy atom. The fourth-order valence-corrected chi connectivity index (χ4v) is 2.23. The molecule has 0 saturated heterocycles. The Kier molecular flexibility index (Phi) is 6.96. The molecule has 0 aromatic heterocycles. The number of unbranched alkanes of at least 4 members (excludes halogenated alkanes) is 1. The zero-order valence-corrected chi connectivity index (χ0v) is 11.9. The molecule has 0 aliphatic heterocycles. The van der Waals surface area contributed by atoms with Crippen LogP contribution in [-0.4, -0.2) is 12.6 Å². The lowest BCUT2D eigenvalue weighted by atomic mass is 9.97. The van der Waals surface area contributed by atoms with Crippen LogP contribution in [0.4, 0.5) is 4.39 Å². The molecular weight excluding hydrogens is 225 g/mol. The molecule has 18 heavy (non-hydrogen) atoms. The van der Waals surface area contributed by atoms with Gasteiger partial charge in [-0.05, 0) is 56.0 Å². The summed E-state index contributed by atoms with van der Waals surface area (Å²) in [5, 5.41) is 3.60. The molecule has 0 fully saturated rings. The zero-order chi connectivity index (χ0) is 13.4. The third-order valence-electron chi connectivity index (χ3n) is 3.36. The van der Waals surface area contributed by atoms with Crippen molar-refractivity contribution < 1.29 is 4.39 Å². The van der Waals surface area contributed by atoms with Crippen LogP contribution in [-0.2, 0) is 6.42 Å². The summed E-state index contributed by atoms with van der Waals surface area (Å²) < 4.78 is 13.1.